The minimum Gasteiger partial charge on any atom is -0.378 e. The summed E-state index contributed by atoms with van der Waals surface area (Å²) in [5.74, 6) is -0.186. The summed E-state index contributed by atoms with van der Waals surface area (Å²) in [6.45, 7) is 0.438. The molecule has 25 heavy (non-hydrogen) atoms. The average molecular weight is 338 g/mol. The summed E-state index contributed by atoms with van der Waals surface area (Å²) in [6.07, 6.45) is 0. The molecule has 0 aliphatic rings. The molecule has 0 aliphatic heterocycles. The van der Waals surface area contributed by atoms with Crippen LogP contribution in [-0.4, -0.2) is 29.1 Å². The third-order valence-corrected chi connectivity index (χ3v) is 4.27. The van der Waals surface area contributed by atoms with Crippen LogP contribution in [0.3, 0.4) is 0 Å². The average Bonchev–Trinajstić information content (AvgIpc) is 2.85. The molecule has 6 nitrogen and oxygen atoms in total. The number of amides is 1. The number of anilines is 1. The summed E-state index contributed by atoms with van der Waals surface area (Å²) in [5, 5.41) is 2.89. The highest BCUT2D eigenvalue weighted by Crippen LogP contribution is 2.13. The van der Waals surface area contributed by atoms with Gasteiger partial charge in [0.15, 0.2) is 0 Å². The Morgan fingerprint density at radius 1 is 1.08 bits per heavy atom. The monoisotopic (exact) mass is 338 g/mol. The molecule has 2 aromatic carbocycles. The lowest BCUT2D eigenvalue weighted by Crippen LogP contribution is -2.32. The van der Waals surface area contributed by atoms with Crippen LogP contribution in [0.2, 0.25) is 0 Å². The lowest BCUT2D eigenvalue weighted by Gasteiger charge is -2.14. The van der Waals surface area contributed by atoms with E-state index in [1.54, 1.807) is 11.6 Å². The molecule has 0 radical (unpaired) electrons. The number of hydrogen-bond donors (Lipinski definition) is 1. The van der Waals surface area contributed by atoms with E-state index in [1.807, 2.05) is 67.5 Å². The first kappa shape index (κ1) is 16.8. The van der Waals surface area contributed by atoms with Crippen molar-refractivity contribution in [2.45, 2.75) is 13.1 Å². The van der Waals surface area contributed by atoms with Gasteiger partial charge in [-0.1, -0.05) is 24.3 Å². The molecule has 130 valence electrons. The zero-order chi connectivity index (χ0) is 18.0. The molecule has 6 heteroatoms. The number of nitrogens with one attached hydrogen (secondary N) is 1. The van der Waals surface area contributed by atoms with Crippen molar-refractivity contribution >= 4 is 22.6 Å². The quantitative estimate of drug-likeness (QED) is 0.771. The van der Waals surface area contributed by atoms with Crippen LogP contribution < -0.4 is 15.9 Å². The van der Waals surface area contributed by atoms with Gasteiger partial charge in [-0.05, 0) is 29.8 Å². The molecule has 1 aromatic heterocycles. The minimum absolute atomic E-state index is 0.00750. The van der Waals surface area contributed by atoms with Gasteiger partial charge < -0.3 is 10.2 Å². The van der Waals surface area contributed by atoms with E-state index in [4.69, 9.17) is 0 Å². The Bertz CT molecular complexity index is 969. The molecular formula is C19H22N4O2. The zero-order valence-corrected chi connectivity index (χ0v) is 14.7. The van der Waals surface area contributed by atoms with Crippen molar-refractivity contribution in [2.75, 3.05) is 19.0 Å². The second kappa shape index (κ2) is 6.84. The van der Waals surface area contributed by atoms with Gasteiger partial charge >= 0.3 is 5.69 Å². The third kappa shape index (κ3) is 3.42. The van der Waals surface area contributed by atoms with Gasteiger partial charge in [0, 0.05) is 33.4 Å². The van der Waals surface area contributed by atoms with E-state index in [-0.39, 0.29) is 18.1 Å². The summed E-state index contributed by atoms with van der Waals surface area (Å²) >= 11 is 0. The summed E-state index contributed by atoms with van der Waals surface area (Å²) in [5.41, 5.74) is 3.49. The highest BCUT2D eigenvalue weighted by atomic mass is 16.2. The molecule has 0 aliphatic carbocycles. The molecule has 0 saturated carbocycles. The highest BCUT2D eigenvalue weighted by molar-refractivity contribution is 5.80. The Kier molecular flexibility index (Phi) is 4.61. The van der Waals surface area contributed by atoms with Crippen LogP contribution in [0.5, 0.6) is 0 Å². The topological polar surface area (TPSA) is 59.3 Å². The van der Waals surface area contributed by atoms with Crippen molar-refractivity contribution in [2.24, 2.45) is 7.05 Å². The molecule has 0 unspecified atom stereocenters. The summed E-state index contributed by atoms with van der Waals surface area (Å²) in [7, 11) is 5.67. The number of rotatable bonds is 5. The number of aryl methyl sites for hydroxylation is 1. The van der Waals surface area contributed by atoms with Crippen molar-refractivity contribution in [3.05, 3.63) is 64.6 Å². The fourth-order valence-corrected chi connectivity index (χ4v) is 2.86. The number of aromatic nitrogens is 2. The van der Waals surface area contributed by atoms with Gasteiger partial charge in [-0.3, -0.25) is 13.9 Å². The molecule has 1 N–H and O–H groups in total. The van der Waals surface area contributed by atoms with Gasteiger partial charge in [0.05, 0.1) is 11.0 Å². The zero-order valence-electron chi connectivity index (χ0n) is 14.7. The van der Waals surface area contributed by atoms with E-state index in [9.17, 15) is 9.59 Å². The van der Waals surface area contributed by atoms with Crippen LogP contribution >= 0.6 is 0 Å². The summed E-state index contributed by atoms with van der Waals surface area (Å²) < 4.78 is 3.06. The van der Waals surface area contributed by atoms with Gasteiger partial charge in [-0.25, -0.2) is 4.79 Å². The van der Waals surface area contributed by atoms with Crippen molar-refractivity contribution in [1.29, 1.82) is 0 Å². The van der Waals surface area contributed by atoms with Crippen molar-refractivity contribution in [1.82, 2.24) is 14.5 Å². The Hall–Kier alpha value is -3.02. The second-order valence-corrected chi connectivity index (χ2v) is 6.26. The van der Waals surface area contributed by atoms with E-state index in [1.165, 1.54) is 4.57 Å². The van der Waals surface area contributed by atoms with Crippen LogP contribution in [0.15, 0.2) is 53.3 Å². The Morgan fingerprint density at radius 2 is 1.80 bits per heavy atom. The molecular weight excluding hydrogens is 316 g/mol. The number of nitrogens with zero attached hydrogens (tertiary/aromatic N) is 3. The van der Waals surface area contributed by atoms with Crippen LogP contribution in [-0.2, 0) is 24.9 Å². The normalized spacial score (nSPS) is 10.8. The van der Waals surface area contributed by atoms with E-state index in [2.05, 4.69) is 5.32 Å². The number of fused-ring (bicyclic) bond motifs is 1. The Labute approximate surface area is 146 Å². The molecule has 0 atom stereocenters. The highest BCUT2D eigenvalue weighted by Gasteiger charge is 2.13. The molecule has 1 heterocycles. The smallest absolute Gasteiger partial charge is 0.329 e. The number of imidazole rings is 1. The molecule has 0 bridgehead atoms. The maximum Gasteiger partial charge on any atom is 0.329 e. The molecule has 0 spiro atoms. The maximum atomic E-state index is 12.4. The molecule has 3 rings (SSSR count). The lowest BCUT2D eigenvalue weighted by atomic mass is 10.2. The van der Waals surface area contributed by atoms with Crippen molar-refractivity contribution < 1.29 is 4.79 Å². The third-order valence-electron chi connectivity index (χ3n) is 4.27. The SMILES string of the molecule is CN(C)c1cccc(CNC(=O)Cn2c(=O)n(C)c3ccccc32)c1. The minimum atomic E-state index is -0.189. The van der Waals surface area contributed by atoms with Crippen molar-refractivity contribution in [3.63, 3.8) is 0 Å². The van der Waals surface area contributed by atoms with Gasteiger partial charge in [-0.2, -0.15) is 0 Å². The lowest BCUT2D eigenvalue weighted by molar-refractivity contribution is -0.121. The van der Waals surface area contributed by atoms with Crippen LogP contribution in [0.1, 0.15) is 5.56 Å². The summed E-state index contributed by atoms with van der Waals surface area (Å²) in [6, 6.07) is 15.4. The van der Waals surface area contributed by atoms with Crippen LogP contribution in [0.25, 0.3) is 11.0 Å². The molecule has 0 fully saturated rings. The predicted molar refractivity (Wildman–Crippen MR) is 99.8 cm³/mol. The largest absolute Gasteiger partial charge is 0.378 e. The number of benzene rings is 2. The van der Waals surface area contributed by atoms with Gasteiger partial charge in [0.1, 0.15) is 6.54 Å². The number of para-hydroxylation sites is 2. The summed E-state index contributed by atoms with van der Waals surface area (Å²) in [4.78, 5) is 26.7. The van der Waals surface area contributed by atoms with Gasteiger partial charge in [-0.15, -0.1) is 0 Å². The Morgan fingerprint density at radius 3 is 2.52 bits per heavy atom. The van der Waals surface area contributed by atoms with Crippen LogP contribution in [0.4, 0.5) is 5.69 Å². The second-order valence-electron chi connectivity index (χ2n) is 6.26. The number of carbonyl (C=O) groups is 1. The first-order valence-electron chi connectivity index (χ1n) is 8.14. The standard InChI is InChI=1S/C19H22N4O2/c1-21(2)15-8-6-7-14(11-15)12-20-18(24)13-23-17-10-5-4-9-16(17)22(3)19(23)25/h4-11H,12-13H2,1-3H3,(H,20,24). The van der Waals surface area contributed by atoms with E-state index >= 15 is 0 Å². The first-order valence-corrected chi connectivity index (χ1v) is 8.14. The van der Waals surface area contributed by atoms with Gasteiger partial charge in [0.25, 0.3) is 0 Å². The van der Waals surface area contributed by atoms with Gasteiger partial charge in [0.2, 0.25) is 5.91 Å². The fraction of sp³-hybridized carbons (Fsp3) is 0.263. The molecule has 1 amide bonds. The van der Waals surface area contributed by atoms with Crippen LogP contribution in [0, 0.1) is 0 Å². The van der Waals surface area contributed by atoms with E-state index in [0.29, 0.717) is 6.54 Å². The van der Waals surface area contributed by atoms with Crippen molar-refractivity contribution in [3.8, 4) is 0 Å². The fourth-order valence-electron chi connectivity index (χ4n) is 2.86. The number of carbonyl (C=O) groups excluding carboxylic acids is 1. The van der Waals surface area contributed by atoms with E-state index in [0.717, 1.165) is 22.3 Å². The molecule has 0 saturated heterocycles. The maximum absolute atomic E-state index is 12.4. The molecule has 3 aromatic rings. The number of hydrogen-bond acceptors (Lipinski definition) is 3. The Balaban J connectivity index is 1.73. The van der Waals surface area contributed by atoms with E-state index < -0.39 is 0 Å². The predicted octanol–water partition coefficient (Wildman–Crippen LogP) is 1.72. The first-order chi connectivity index (χ1) is 12.0.